The average Bonchev–Trinajstić information content (AvgIpc) is 2.64. The second-order valence-corrected chi connectivity index (χ2v) is 5.00. The molecule has 2 heterocycles. The number of nitrogen functional groups attached to an aromatic ring is 1. The standard InChI is InChI=1S/C12H20N4/c1-8(2)12-14-10(13)6-11(15-12)16-5-4-9(3)7-16/h6,8-9H,4-5,7H2,1-3H3,(H2,13,14,15). The largest absolute Gasteiger partial charge is 0.384 e. The lowest BCUT2D eigenvalue weighted by Crippen LogP contribution is -2.21. The highest BCUT2D eigenvalue weighted by Crippen LogP contribution is 2.24. The van der Waals surface area contributed by atoms with Crippen molar-refractivity contribution in [2.45, 2.75) is 33.1 Å². The molecular weight excluding hydrogens is 200 g/mol. The molecule has 1 unspecified atom stereocenters. The van der Waals surface area contributed by atoms with Gasteiger partial charge in [0.15, 0.2) is 0 Å². The average molecular weight is 220 g/mol. The van der Waals surface area contributed by atoms with E-state index in [1.165, 1.54) is 6.42 Å². The fraction of sp³-hybridized carbons (Fsp3) is 0.667. The third-order valence-electron chi connectivity index (χ3n) is 3.01. The van der Waals surface area contributed by atoms with Crippen LogP contribution in [-0.4, -0.2) is 23.1 Å². The van der Waals surface area contributed by atoms with Crippen LogP contribution >= 0.6 is 0 Å². The first-order valence-electron chi connectivity index (χ1n) is 5.95. The molecule has 2 N–H and O–H groups in total. The van der Waals surface area contributed by atoms with E-state index in [2.05, 4.69) is 35.6 Å². The van der Waals surface area contributed by atoms with Gasteiger partial charge in [0, 0.05) is 25.1 Å². The van der Waals surface area contributed by atoms with Crippen molar-refractivity contribution >= 4 is 11.6 Å². The highest BCUT2D eigenvalue weighted by Gasteiger charge is 2.21. The van der Waals surface area contributed by atoms with Crippen LogP contribution in [0.3, 0.4) is 0 Å². The normalized spacial score (nSPS) is 20.8. The molecule has 0 spiro atoms. The molecule has 0 amide bonds. The van der Waals surface area contributed by atoms with Crippen LogP contribution < -0.4 is 10.6 Å². The van der Waals surface area contributed by atoms with Crippen LogP contribution in [0.1, 0.15) is 38.9 Å². The molecule has 0 saturated carbocycles. The van der Waals surface area contributed by atoms with E-state index in [4.69, 9.17) is 5.73 Å². The molecule has 0 aliphatic carbocycles. The number of anilines is 2. The molecular formula is C12H20N4. The maximum atomic E-state index is 5.82. The molecule has 4 heteroatoms. The molecule has 1 aromatic rings. The quantitative estimate of drug-likeness (QED) is 0.828. The highest BCUT2D eigenvalue weighted by molar-refractivity contribution is 5.48. The minimum Gasteiger partial charge on any atom is -0.384 e. The smallest absolute Gasteiger partial charge is 0.135 e. The molecule has 0 radical (unpaired) electrons. The maximum absolute atomic E-state index is 5.82. The van der Waals surface area contributed by atoms with Gasteiger partial charge in [-0.2, -0.15) is 0 Å². The minimum absolute atomic E-state index is 0.322. The molecule has 0 aromatic carbocycles. The zero-order chi connectivity index (χ0) is 11.7. The Morgan fingerprint density at radius 2 is 2.19 bits per heavy atom. The van der Waals surface area contributed by atoms with Gasteiger partial charge in [-0.15, -0.1) is 0 Å². The van der Waals surface area contributed by atoms with E-state index < -0.39 is 0 Å². The summed E-state index contributed by atoms with van der Waals surface area (Å²) in [6.07, 6.45) is 1.24. The van der Waals surface area contributed by atoms with Crippen LogP contribution in [0, 0.1) is 5.92 Å². The minimum atomic E-state index is 0.322. The molecule has 1 atom stereocenters. The van der Waals surface area contributed by atoms with Gasteiger partial charge in [-0.1, -0.05) is 20.8 Å². The van der Waals surface area contributed by atoms with Crippen LogP contribution in [0.2, 0.25) is 0 Å². The lowest BCUT2D eigenvalue weighted by Gasteiger charge is -2.18. The molecule has 1 fully saturated rings. The molecule has 4 nitrogen and oxygen atoms in total. The number of hydrogen-bond acceptors (Lipinski definition) is 4. The molecule has 1 aromatic heterocycles. The van der Waals surface area contributed by atoms with Gasteiger partial charge in [0.25, 0.3) is 0 Å². The van der Waals surface area contributed by atoms with Crippen molar-refractivity contribution in [1.29, 1.82) is 0 Å². The summed E-state index contributed by atoms with van der Waals surface area (Å²) in [7, 11) is 0. The Morgan fingerprint density at radius 1 is 1.44 bits per heavy atom. The predicted molar refractivity (Wildman–Crippen MR) is 66.5 cm³/mol. The Kier molecular flexibility index (Phi) is 2.99. The molecule has 16 heavy (non-hydrogen) atoms. The summed E-state index contributed by atoms with van der Waals surface area (Å²) in [5, 5.41) is 0. The molecule has 88 valence electrons. The van der Waals surface area contributed by atoms with E-state index in [1.54, 1.807) is 0 Å². The summed E-state index contributed by atoms with van der Waals surface area (Å²) in [6, 6.07) is 1.88. The zero-order valence-electron chi connectivity index (χ0n) is 10.3. The topological polar surface area (TPSA) is 55.0 Å². The first kappa shape index (κ1) is 11.2. The molecule has 1 aliphatic rings. The van der Waals surface area contributed by atoms with Crippen LogP contribution in [0.15, 0.2) is 6.07 Å². The molecule has 2 rings (SSSR count). The van der Waals surface area contributed by atoms with Gasteiger partial charge < -0.3 is 10.6 Å². The van der Waals surface area contributed by atoms with E-state index in [-0.39, 0.29) is 0 Å². The van der Waals surface area contributed by atoms with Gasteiger partial charge >= 0.3 is 0 Å². The Morgan fingerprint density at radius 3 is 2.75 bits per heavy atom. The Hall–Kier alpha value is -1.32. The second-order valence-electron chi connectivity index (χ2n) is 5.00. The summed E-state index contributed by atoms with van der Waals surface area (Å²) >= 11 is 0. The van der Waals surface area contributed by atoms with Crippen molar-refractivity contribution in [2.24, 2.45) is 5.92 Å². The van der Waals surface area contributed by atoms with Gasteiger partial charge in [0.2, 0.25) is 0 Å². The van der Waals surface area contributed by atoms with Crippen molar-refractivity contribution in [3.8, 4) is 0 Å². The lowest BCUT2D eigenvalue weighted by atomic mass is 10.2. The van der Waals surface area contributed by atoms with E-state index in [0.29, 0.717) is 11.7 Å². The summed E-state index contributed by atoms with van der Waals surface area (Å²) in [6.45, 7) is 8.60. The van der Waals surface area contributed by atoms with Crippen LogP contribution in [-0.2, 0) is 0 Å². The number of nitrogens with zero attached hydrogens (tertiary/aromatic N) is 3. The van der Waals surface area contributed by atoms with E-state index in [9.17, 15) is 0 Å². The number of hydrogen-bond donors (Lipinski definition) is 1. The lowest BCUT2D eigenvalue weighted by molar-refractivity contribution is 0.658. The molecule has 1 aliphatic heterocycles. The molecule has 1 saturated heterocycles. The van der Waals surface area contributed by atoms with Crippen LogP contribution in [0.5, 0.6) is 0 Å². The number of aromatic nitrogens is 2. The third kappa shape index (κ3) is 2.26. The Balaban J connectivity index is 2.27. The SMILES string of the molecule is CC1CCN(c2cc(N)nc(C(C)C)n2)C1. The first-order valence-corrected chi connectivity index (χ1v) is 5.95. The van der Waals surface area contributed by atoms with Gasteiger partial charge in [0.05, 0.1) is 0 Å². The summed E-state index contributed by atoms with van der Waals surface area (Å²) in [4.78, 5) is 11.1. The monoisotopic (exact) mass is 220 g/mol. The second kappa shape index (κ2) is 4.28. The van der Waals surface area contributed by atoms with Gasteiger partial charge in [-0.25, -0.2) is 9.97 Å². The van der Waals surface area contributed by atoms with Crippen LogP contribution in [0.25, 0.3) is 0 Å². The Bertz CT molecular complexity index is 375. The zero-order valence-corrected chi connectivity index (χ0v) is 10.3. The van der Waals surface area contributed by atoms with Crippen molar-refractivity contribution < 1.29 is 0 Å². The van der Waals surface area contributed by atoms with Gasteiger partial charge in [0.1, 0.15) is 17.5 Å². The third-order valence-corrected chi connectivity index (χ3v) is 3.01. The molecule has 0 bridgehead atoms. The van der Waals surface area contributed by atoms with Crippen molar-refractivity contribution in [3.05, 3.63) is 11.9 Å². The number of nitrogens with two attached hydrogens (primary N) is 1. The fourth-order valence-electron chi connectivity index (χ4n) is 2.03. The van der Waals surface area contributed by atoms with Crippen molar-refractivity contribution in [2.75, 3.05) is 23.7 Å². The maximum Gasteiger partial charge on any atom is 0.135 e. The van der Waals surface area contributed by atoms with E-state index >= 15 is 0 Å². The highest BCUT2D eigenvalue weighted by atomic mass is 15.2. The predicted octanol–water partition coefficient (Wildman–Crippen LogP) is 2.03. The van der Waals surface area contributed by atoms with Crippen molar-refractivity contribution in [3.63, 3.8) is 0 Å². The summed E-state index contributed by atoms with van der Waals surface area (Å²) in [5.74, 6) is 3.48. The van der Waals surface area contributed by atoms with Gasteiger partial charge in [-0.05, 0) is 12.3 Å². The van der Waals surface area contributed by atoms with Crippen LogP contribution in [0.4, 0.5) is 11.6 Å². The van der Waals surface area contributed by atoms with E-state index in [1.807, 2.05) is 6.07 Å². The summed E-state index contributed by atoms with van der Waals surface area (Å²) in [5.41, 5.74) is 5.82. The van der Waals surface area contributed by atoms with Gasteiger partial charge in [-0.3, -0.25) is 0 Å². The fourth-order valence-corrected chi connectivity index (χ4v) is 2.03. The summed E-state index contributed by atoms with van der Waals surface area (Å²) < 4.78 is 0. The van der Waals surface area contributed by atoms with Crippen molar-refractivity contribution in [1.82, 2.24) is 9.97 Å². The first-order chi connectivity index (χ1) is 7.56. The van der Waals surface area contributed by atoms with E-state index in [0.717, 1.165) is 30.6 Å². The Labute approximate surface area is 96.9 Å². The number of rotatable bonds is 2.